The zero-order chi connectivity index (χ0) is 16.2. The Morgan fingerprint density at radius 1 is 0.818 bits per heavy atom. The van der Waals surface area contributed by atoms with Crippen molar-refractivity contribution in [1.82, 2.24) is 4.31 Å². The lowest BCUT2D eigenvalue weighted by Crippen LogP contribution is -2.27. The Morgan fingerprint density at radius 2 is 1.41 bits per heavy atom. The molecule has 0 aliphatic heterocycles. The largest absolute Gasteiger partial charge is 0.378 e. The monoisotopic (exact) mass is 318 g/mol. The third kappa shape index (κ3) is 4.32. The molecule has 0 aromatic heterocycles. The fourth-order valence-electron chi connectivity index (χ4n) is 2.15. The maximum atomic E-state index is 12.4. The van der Waals surface area contributed by atoms with Crippen LogP contribution in [0, 0.1) is 0 Å². The molecule has 2 aromatic carbocycles. The predicted octanol–water partition coefficient (Wildman–Crippen LogP) is 2.71. The van der Waals surface area contributed by atoms with Gasteiger partial charge in [0.25, 0.3) is 0 Å². The third-order valence-corrected chi connectivity index (χ3v) is 5.30. The first kappa shape index (κ1) is 16.5. The molecule has 22 heavy (non-hydrogen) atoms. The van der Waals surface area contributed by atoms with Gasteiger partial charge >= 0.3 is 0 Å². The summed E-state index contributed by atoms with van der Waals surface area (Å²) in [5, 5.41) is 0. The van der Waals surface area contributed by atoms with Gasteiger partial charge in [0.05, 0.1) is 5.75 Å². The normalized spacial score (nSPS) is 11.6. The highest BCUT2D eigenvalue weighted by Crippen LogP contribution is 2.16. The number of nitrogens with zero attached hydrogens (tertiary/aromatic N) is 2. The third-order valence-electron chi connectivity index (χ3n) is 3.52. The van der Waals surface area contributed by atoms with Crippen LogP contribution in [0.2, 0.25) is 0 Å². The summed E-state index contributed by atoms with van der Waals surface area (Å²) in [4.78, 5) is 2.01. The molecule has 5 heteroatoms. The summed E-state index contributed by atoms with van der Waals surface area (Å²) in [5.41, 5.74) is 2.88. The smallest absolute Gasteiger partial charge is 0.218 e. The number of anilines is 1. The Morgan fingerprint density at radius 3 is 1.95 bits per heavy atom. The molecule has 2 aromatic rings. The molecule has 0 radical (unpaired) electrons. The first-order valence-electron chi connectivity index (χ1n) is 7.13. The van der Waals surface area contributed by atoms with E-state index in [0.717, 1.165) is 16.8 Å². The molecule has 118 valence electrons. The van der Waals surface area contributed by atoms with Crippen LogP contribution in [-0.2, 0) is 22.3 Å². The molecule has 0 N–H and O–H groups in total. The Kier molecular flexibility index (Phi) is 5.21. The molecule has 0 aliphatic rings. The van der Waals surface area contributed by atoms with Crippen LogP contribution in [0.15, 0.2) is 54.6 Å². The zero-order valence-electron chi connectivity index (χ0n) is 13.2. The van der Waals surface area contributed by atoms with Gasteiger partial charge in [-0.3, -0.25) is 0 Å². The summed E-state index contributed by atoms with van der Waals surface area (Å²) in [6.45, 7) is 0.378. The van der Waals surface area contributed by atoms with Crippen molar-refractivity contribution in [1.29, 1.82) is 0 Å². The van der Waals surface area contributed by atoms with Crippen molar-refractivity contribution in [2.45, 2.75) is 12.3 Å². The van der Waals surface area contributed by atoms with Crippen LogP contribution in [-0.4, -0.2) is 33.9 Å². The predicted molar refractivity (Wildman–Crippen MR) is 91.3 cm³/mol. The fraction of sp³-hybridized carbons (Fsp3) is 0.294. The van der Waals surface area contributed by atoms with Gasteiger partial charge in [-0.2, -0.15) is 0 Å². The van der Waals surface area contributed by atoms with Crippen LogP contribution in [0.5, 0.6) is 0 Å². The average molecular weight is 318 g/mol. The molecule has 0 spiro atoms. The quantitative estimate of drug-likeness (QED) is 0.822. The topological polar surface area (TPSA) is 40.6 Å². The minimum absolute atomic E-state index is 0.0279. The number of hydrogen-bond donors (Lipinski definition) is 0. The highest BCUT2D eigenvalue weighted by atomic mass is 32.2. The molecule has 0 fully saturated rings. The van der Waals surface area contributed by atoms with Gasteiger partial charge in [0.15, 0.2) is 0 Å². The van der Waals surface area contributed by atoms with E-state index in [4.69, 9.17) is 0 Å². The van der Waals surface area contributed by atoms with Gasteiger partial charge in [0.1, 0.15) is 0 Å². The van der Waals surface area contributed by atoms with Crippen LogP contribution in [0.25, 0.3) is 0 Å². The van der Waals surface area contributed by atoms with Gasteiger partial charge in [0, 0.05) is 33.4 Å². The zero-order valence-corrected chi connectivity index (χ0v) is 14.0. The number of hydrogen-bond acceptors (Lipinski definition) is 3. The summed E-state index contributed by atoms with van der Waals surface area (Å²) in [6.07, 6.45) is 0. The van der Waals surface area contributed by atoms with Crippen molar-refractivity contribution >= 4 is 15.7 Å². The van der Waals surface area contributed by atoms with Gasteiger partial charge in [-0.15, -0.1) is 0 Å². The van der Waals surface area contributed by atoms with Gasteiger partial charge in [-0.1, -0.05) is 42.5 Å². The fourth-order valence-corrected chi connectivity index (χ4v) is 3.33. The van der Waals surface area contributed by atoms with Crippen LogP contribution in [0.1, 0.15) is 11.1 Å². The molecule has 0 bridgehead atoms. The Bertz CT molecular complexity index is 695. The first-order chi connectivity index (χ1) is 10.4. The molecule has 0 heterocycles. The van der Waals surface area contributed by atoms with E-state index in [1.807, 2.05) is 73.6 Å². The lowest BCUT2D eigenvalue weighted by atomic mass is 10.2. The maximum absolute atomic E-state index is 12.4. The van der Waals surface area contributed by atoms with E-state index in [1.165, 1.54) is 4.31 Å². The van der Waals surface area contributed by atoms with Gasteiger partial charge < -0.3 is 4.90 Å². The molecule has 0 saturated carbocycles. The summed E-state index contributed by atoms with van der Waals surface area (Å²) in [6, 6.07) is 17.2. The Hall–Kier alpha value is -1.85. The maximum Gasteiger partial charge on any atom is 0.218 e. The molecule has 2 rings (SSSR count). The van der Waals surface area contributed by atoms with Gasteiger partial charge in [-0.25, -0.2) is 12.7 Å². The molecular formula is C17H22N2O2S. The molecule has 0 amide bonds. The highest BCUT2D eigenvalue weighted by molar-refractivity contribution is 7.88. The van der Waals surface area contributed by atoms with Crippen molar-refractivity contribution in [3.8, 4) is 0 Å². The molecule has 4 nitrogen and oxygen atoms in total. The highest BCUT2D eigenvalue weighted by Gasteiger charge is 2.18. The van der Waals surface area contributed by atoms with E-state index in [9.17, 15) is 8.42 Å². The Balaban J connectivity index is 2.05. The van der Waals surface area contributed by atoms with E-state index in [1.54, 1.807) is 7.05 Å². The van der Waals surface area contributed by atoms with E-state index < -0.39 is 10.0 Å². The van der Waals surface area contributed by atoms with Crippen molar-refractivity contribution in [2.75, 3.05) is 26.0 Å². The number of rotatable bonds is 6. The van der Waals surface area contributed by atoms with Crippen molar-refractivity contribution in [2.24, 2.45) is 0 Å². The SMILES string of the molecule is CN(C)c1ccc(CN(C)S(=O)(=O)Cc2ccccc2)cc1. The minimum Gasteiger partial charge on any atom is -0.378 e. The molecular weight excluding hydrogens is 296 g/mol. The minimum atomic E-state index is -3.32. The van der Waals surface area contributed by atoms with Crippen LogP contribution in [0.3, 0.4) is 0 Å². The van der Waals surface area contributed by atoms with E-state index in [2.05, 4.69) is 0 Å². The molecule has 0 unspecified atom stereocenters. The van der Waals surface area contributed by atoms with E-state index in [0.29, 0.717) is 6.54 Å². The second-order valence-corrected chi connectivity index (χ2v) is 7.63. The number of benzene rings is 2. The van der Waals surface area contributed by atoms with E-state index >= 15 is 0 Å². The van der Waals surface area contributed by atoms with Gasteiger partial charge in [-0.05, 0) is 23.3 Å². The summed E-state index contributed by atoms with van der Waals surface area (Å²) >= 11 is 0. The van der Waals surface area contributed by atoms with Crippen molar-refractivity contribution in [3.05, 3.63) is 65.7 Å². The summed E-state index contributed by atoms with van der Waals surface area (Å²) < 4.78 is 26.2. The standard InChI is InChI=1S/C17H22N2O2S/c1-18(2)17-11-9-15(10-12-17)13-19(3)22(20,21)14-16-7-5-4-6-8-16/h4-12H,13-14H2,1-3H3. The summed E-state index contributed by atoms with van der Waals surface area (Å²) in [7, 11) is 2.26. The second kappa shape index (κ2) is 6.94. The Labute approximate surface area is 133 Å². The lowest BCUT2D eigenvalue weighted by Gasteiger charge is -2.18. The van der Waals surface area contributed by atoms with Crippen LogP contribution in [0.4, 0.5) is 5.69 Å². The van der Waals surface area contributed by atoms with Crippen LogP contribution >= 0.6 is 0 Å². The van der Waals surface area contributed by atoms with E-state index in [-0.39, 0.29) is 5.75 Å². The number of sulfonamides is 1. The molecule has 0 atom stereocenters. The summed E-state index contributed by atoms with van der Waals surface area (Å²) in [5.74, 6) is 0.0279. The first-order valence-corrected chi connectivity index (χ1v) is 8.73. The van der Waals surface area contributed by atoms with Crippen molar-refractivity contribution in [3.63, 3.8) is 0 Å². The molecule has 0 aliphatic carbocycles. The molecule has 0 saturated heterocycles. The average Bonchev–Trinajstić information content (AvgIpc) is 2.48. The van der Waals surface area contributed by atoms with Crippen LogP contribution < -0.4 is 4.90 Å². The van der Waals surface area contributed by atoms with Crippen molar-refractivity contribution < 1.29 is 8.42 Å². The van der Waals surface area contributed by atoms with Gasteiger partial charge in [0.2, 0.25) is 10.0 Å². The lowest BCUT2D eigenvalue weighted by molar-refractivity contribution is 0.466. The second-order valence-electron chi connectivity index (χ2n) is 5.56.